The van der Waals surface area contributed by atoms with Crippen LogP contribution in [-0.4, -0.2) is 33.5 Å². The molecule has 0 unspecified atom stereocenters. The third-order valence-corrected chi connectivity index (χ3v) is 5.18. The summed E-state index contributed by atoms with van der Waals surface area (Å²) in [5.41, 5.74) is 3.10. The van der Waals surface area contributed by atoms with Crippen LogP contribution in [0.3, 0.4) is 0 Å². The maximum absolute atomic E-state index is 13.5. The molecular weight excluding hydrogens is 423 g/mol. The van der Waals surface area contributed by atoms with Crippen molar-refractivity contribution in [1.29, 1.82) is 0 Å². The minimum atomic E-state index is -1.03. The molecule has 3 N–H and O–H groups in total. The third kappa shape index (κ3) is 6.46. The third-order valence-electron chi connectivity index (χ3n) is 5.18. The molecule has 0 saturated heterocycles. The zero-order valence-electron chi connectivity index (χ0n) is 18.4. The van der Waals surface area contributed by atoms with Crippen molar-refractivity contribution < 1.29 is 19.1 Å². The van der Waals surface area contributed by atoms with Gasteiger partial charge in [-0.1, -0.05) is 18.2 Å². The minimum absolute atomic E-state index is 0.169. The number of carbonyl (C=O) groups is 2. The molecule has 0 aliphatic heterocycles. The van der Waals surface area contributed by atoms with Gasteiger partial charge in [0, 0.05) is 31.1 Å². The molecule has 3 aromatic rings. The summed E-state index contributed by atoms with van der Waals surface area (Å²) in [4.78, 5) is 32.8. The van der Waals surface area contributed by atoms with E-state index in [-0.39, 0.29) is 17.3 Å². The summed E-state index contributed by atoms with van der Waals surface area (Å²) >= 11 is 0. The molecular formula is C25H25FN4O3. The number of hydrogen-bond donors (Lipinski definition) is 3. The fraction of sp³-hybridized carbons (Fsp3) is 0.200. The van der Waals surface area contributed by atoms with E-state index < -0.39 is 5.97 Å². The lowest BCUT2D eigenvalue weighted by atomic mass is 10.1. The Kier molecular flexibility index (Phi) is 7.86. The molecule has 2 heterocycles. The molecule has 7 nitrogen and oxygen atoms in total. The van der Waals surface area contributed by atoms with Gasteiger partial charge in [0.25, 0.3) is 5.91 Å². The zero-order chi connectivity index (χ0) is 23.8. The fourth-order valence-electron chi connectivity index (χ4n) is 3.14. The number of carboxylic acids is 1. The van der Waals surface area contributed by atoms with Crippen LogP contribution in [0.5, 0.6) is 0 Å². The lowest BCUT2D eigenvalue weighted by Gasteiger charge is -2.14. The van der Waals surface area contributed by atoms with Crippen LogP contribution >= 0.6 is 0 Å². The second kappa shape index (κ2) is 11.0. The van der Waals surface area contributed by atoms with Gasteiger partial charge in [0.05, 0.1) is 11.3 Å². The monoisotopic (exact) mass is 448 g/mol. The van der Waals surface area contributed by atoms with E-state index in [0.717, 1.165) is 11.1 Å². The first kappa shape index (κ1) is 23.6. The van der Waals surface area contributed by atoms with E-state index in [4.69, 9.17) is 0 Å². The van der Waals surface area contributed by atoms with Gasteiger partial charge in [-0.05, 0) is 67.3 Å². The number of hydrogen-bond acceptors (Lipinski definition) is 5. The molecule has 0 spiro atoms. The average Bonchev–Trinajstić information content (AvgIpc) is 2.82. The van der Waals surface area contributed by atoms with E-state index in [0.29, 0.717) is 42.2 Å². The van der Waals surface area contributed by atoms with Gasteiger partial charge in [0.1, 0.15) is 11.6 Å². The fourth-order valence-corrected chi connectivity index (χ4v) is 3.14. The Labute approximate surface area is 191 Å². The van der Waals surface area contributed by atoms with Crippen LogP contribution in [0.2, 0.25) is 0 Å². The summed E-state index contributed by atoms with van der Waals surface area (Å²) < 4.78 is 13.5. The van der Waals surface area contributed by atoms with Crippen molar-refractivity contribution in [2.75, 3.05) is 11.9 Å². The molecule has 0 bridgehead atoms. The van der Waals surface area contributed by atoms with Gasteiger partial charge >= 0.3 is 5.97 Å². The molecule has 0 fully saturated rings. The average molecular weight is 448 g/mol. The standard InChI is InChI=1S/C25H25FN4O3/c1-16(17(2)25(32)33)22-9-8-21(24(31)29-15-19-6-4-11-27-14-19)23(30-22)28-12-10-18-5-3-7-20(26)13-18/h3-9,11,13-14H,10,12,15H2,1-2H3,(H,28,30)(H,29,31)(H,32,33). The Morgan fingerprint density at radius 2 is 1.85 bits per heavy atom. The Hall–Kier alpha value is -4.07. The van der Waals surface area contributed by atoms with Crippen LogP contribution in [0.15, 0.2) is 66.5 Å². The Bertz CT molecular complexity index is 1180. The molecule has 0 saturated carbocycles. The van der Waals surface area contributed by atoms with Gasteiger partial charge in [-0.3, -0.25) is 9.78 Å². The smallest absolute Gasteiger partial charge is 0.331 e. The lowest BCUT2D eigenvalue weighted by molar-refractivity contribution is -0.132. The van der Waals surface area contributed by atoms with Gasteiger partial charge in [-0.2, -0.15) is 0 Å². The second-order valence-corrected chi connectivity index (χ2v) is 7.50. The minimum Gasteiger partial charge on any atom is -0.478 e. The van der Waals surface area contributed by atoms with Crippen molar-refractivity contribution in [1.82, 2.24) is 15.3 Å². The van der Waals surface area contributed by atoms with Crippen LogP contribution in [0.4, 0.5) is 10.2 Å². The number of carboxylic acid groups (broad SMARTS) is 1. The Morgan fingerprint density at radius 3 is 2.55 bits per heavy atom. The number of anilines is 1. The summed E-state index contributed by atoms with van der Waals surface area (Å²) in [6.07, 6.45) is 3.84. The molecule has 1 amide bonds. The van der Waals surface area contributed by atoms with E-state index >= 15 is 0 Å². The van der Waals surface area contributed by atoms with Crippen molar-refractivity contribution in [3.05, 3.63) is 94.7 Å². The predicted octanol–water partition coefficient (Wildman–Crippen LogP) is 4.08. The molecule has 3 rings (SSSR count). The summed E-state index contributed by atoms with van der Waals surface area (Å²) in [7, 11) is 0. The lowest BCUT2D eigenvalue weighted by Crippen LogP contribution is -2.25. The quantitative estimate of drug-likeness (QED) is 0.426. The normalized spacial score (nSPS) is 11.5. The maximum Gasteiger partial charge on any atom is 0.331 e. The number of benzene rings is 1. The van der Waals surface area contributed by atoms with Gasteiger partial charge < -0.3 is 15.7 Å². The van der Waals surface area contributed by atoms with Crippen LogP contribution in [-0.2, 0) is 17.8 Å². The maximum atomic E-state index is 13.5. The van der Waals surface area contributed by atoms with E-state index in [9.17, 15) is 19.1 Å². The summed E-state index contributed by atoms with van der Waals surface area (Å²) in [6, 6.07) is 13.2. The highest BCUT2D eigenvalue weighted by Crippen LogP contribution is 2.22. The Morgan fingerprint density at radius 1 is 1.06 bits per heavy atom. The van der Waals surface area contributed by atoms with Crippen molar-refractivity contribution in [3.63, 3.8) is 0 Å². The topological polar surface area (TPSA) is 104 Å². The molecule has 0 aliphatic rings. The summed E-state index contributed by atoms with van der Waals surface area (Å²) in [5.74, 6) is -1.35. The van der Waals surface area contributed by atoms with Crippen molar-refractivity contribution in [2.45, 2.75) is 26.8 Å². The summed E-state index contributed by atoms with van der Waals surface area (Å²) in [5, 5.41) is 15.3. The first-order chi connectivity index (χ1) is 15.8. The number of rotatable bonds is 9. The number of carbonyl (C=O) groups excluding carboxylic acids is 1. The van der Waals surface area contributed by atoms with E-state index in [1.54, 1.807) is 43.6 Å². The molecule has 1 aromatic carbocycles. The molecule has 0 radical (unpaired) electrons. The van der Waals surface area contributed by atoms with Crippen LogP contribution in [0.25, 0.3) is 5.57 Å². The number of amides is 1. The van der Waals surface area contributed by atoms with Gasteiger partial charge in [0.2, 0.25) is 0 Å². The highest BCUT2D eigenvalue weighted by molar-refractivity contribution is 5.99. The van der Waals surface area contributed by atoms with E-state index in [1.165, 1.54) is 19.1 Å². The highest BCUT2D eigenvalue weighted by Gasteiger charge is 2.16. The number of nitrogens with zero attached hydrogens (tertiary/aromatic N) is 2. The molecule has 8 heteroatoms. The van der Waals surface area contributed by atoms with Gasteiger partial charge in [0.15, 0.2) is 0 Å². The van der Waals surface area contributed by atoms with Gasteiger partial charge in [-0.25, -0.2) is 14.2 Å². The van der Waals surface area contributed by atoms with E-state index in [2.05, 4.69) is 20.6 Å². The van der Waals surface area contributed by atoms with E-state index in [1.807, 2.05) is 12.1 Å². The van der Waals surface area contributed by atoms with Gasteiger partial charge in [-0.15, -0.1) is 0 Å². The van der Waals surface area contributed by atoms with Crippen molar-refractivity contribution in [2.24, 2.45) is 0 Å². The number of halogens is 1. The number of aliphatic carboxylic acids is 1. The molecule has 170 valence electrons. The number of nitrogens with one attached hydrogen (secondary N) is 2. The Balaban J connectivity index is 1.83. The molecule has 2 aromatic heterocycles. The second-order valence-electron chi connectivity index (χ2n) is 7.50. The molecule has 0 atom stereocenters. The first-order valence-electron chi connectivity index (χ1n) is 10.4. The number of pyridine rings is 2. The predicted molar refractivity (Wildman–Crippen MR) is 124 cm³/mol. The van der Waals surface area contributed by atoms with Crippen LogP contribution in [0, 0.1) is 5.82 Å². The SMILES string of the molecule is CC(C(=O)O)=C(C)c1ccc(C(=O)NCc2cccnc2)c(NCCc2cccc(F)c2)n1. The molecule has 0 aliphatic carbocycles. The van der Waals surface area contributed by atoms with Crippen LogP contribution < -0.4 is 10.6 Å². The van der Waals surface area contributed by atoms with Crippen molar-refractivity contribution in [3.8, 4) is 0 Å². The van der Waals surface area contributed by atoms with Crippen molar-refractivity contribution >= 4 is 23.3 Å². The first-order valence-corrected chi connectivity index (χ1v) is 10.4. The summed E-state index contributed by atoms with van der Waals surface area (Å²) in [6.45, 7) is 3.88. The highest BCUT2D eigenvalue weighted by atomic mass is 19.1. The zero-order valence-corrected chi connectivity index (χ0v) is 18.4. The van der Waals surface area contributed by atoms with Crippen LogP contribution in [0.1, 0.15) is 41.0 Å². The number of aromatic nitrogens is 2. The molecule has 33 heavy (non-hydrogen) atoms. The number of allylic oxidation sites excluding steroid dienone is 1. The largest absolute Gasteiger partial charge is 0.478 e.